The van der Waals surface area contributed by atoms with Crippen molar-refractivity contribution in [1.82, 2.24) is 10.6 Å². The van der Waals surface area contributed by atoms with Gasteiger partial charge in [-0.05, 0) is 67.1 Å². The summed E-state index contributed by atoms with van der Waals surface area (Å²) in [5.74, 6) is -0.948. The number of rotatable bonds is 19. The van der Waals surface area contributed by atoms with Crippen LogP contribution < -0.4 is 21.4 Å². The van der Waals surface area contributed by atoms with E-state index in [0.29, 0.717) is 99.0 Å². The molecule has 9 N–H and O–H groups in total. The van der Waals surface area contributed by atoms with Gasteiger partial charge in [0.2, 0.25) is 0 Å². The Bertz CT molecular complexity index is 1890. The Labute approximate surface area is 315 Å². The second kappa shape index (κ2) is 19.9. The fraction of sp³-hybridized carbons (Fsp3) is 0.432. The number of carboxylic acid groups (broad SMARTS) is 1. The highest BCUT2D eigenvalue weighted by atomic mass is 32.1. The van der Waals surface area contributed by atoms with Crippen molar-refractivity contribution in [2.75, 3.05) is 71.2 Å². The van der Waals surface area contributed by atoms with Gasteiger partial charge in [-0.2, -0.15) is 0 Å². The molecule has 0 unspecified atom stereocenters. The average Bonchev–Trinajstić information content (AvgIpc) is 3.15. The minimum absolute atomic E-state index is 0.00796. The summed E-state index contributed by atoms with van der Waals surface area (Å²) in [6.45, 7) is 3.25. The van der Waals surface area contributed by atoms with Gasteiger partial charge >= 0.3 is 5.97 Å². The molecule has 2 heterocycles. The number of anilines is 1. The number of aromatic hydroxyl groups is 1. The smallest absolute Gasteiger partial charge is 0.336 e. The van der Waals surface area contributed by atoms with E-state index in [0.717, 1.165) is 0 Å². The topological polar surface area (TPSA) is 242 Å². The van der Waals surface area contributed by atoms with Gasteiger partial charge in [-0.3, -0.25) is 4.79 Å². The predicted octanol–water partition coefficient (Wildman–Crippen LogP) is 1.13. The summed E-state index contributed by atoms with van der Waals surface area (Å²) in [5, 5.41) is 69.3. The number of aliphatic hydroxyl groups excluding tert-OH is 4. The monoisotopic (exact) mass is 771 g/mol. The van der Waals surface area contributed by atoms with Crippen LogP contribution in [0.1, 0.15) is 16.8 Å². The van der Waals surface area contributed by atoms with Gasteiger partial charge in [0, 0.05) is 47.4 Å². The van der Waals surface area contributed by atoms with Crippen molar-refractivity contribution in [2.24, 2.45) is 0 Å². The average molecular weight is 772 g/mol. The highest BCUT2D eigenvalue weighted by Gasteiger charge is 2.42. The van der Waals surface area contributed by atoms with Gasteiger partial charge in [-0.1, -0.05) is 6.07 Å². The molecule has 5 rings (SSSR count). The third-order valence-corrected chi connectivity index (χ3v) is 9.00. The molecule has 0 saturated carbocycles. The Kier molecular flexibility index (Phi) is 15.1. The molecule has 54 heavy (non-hydrogen) atoms. The Morgan fingerprint density at radius 1 is 0.796 bits per heavy atom. The number of hydrogen-bond donors (Lipinski definition) is 9. The molecule has 5 atom stereocenters. The molecule has 2 aromatic rings. The molecule has 1 aliphatic carbocycles. The summed E-state index contributed by atoms with van der Waals surface area (Å²) < 4.78 is 28.0. The number of aromatic carboxylic acids is 1. The second-order valence-corrected chi connectivity index (χ2v) is 12.9. The Balaban J connectivity index is 0.965. The van der Waals surface area contributed by atoms with Gasteiger partial charge < -0.3 is 70.0 Å². The minimum atomic E-state index is -1.37. The Morgan fingerprint density at radius 2 is 1.48 bits per heavy atom. The molecule has 0 bridgehead atoms. The number of phenolic OH excluding ortho intramolecular Hbond substituents is 1. The van der Waals surface area contributed by atoms with E-state index in [9.17, 15) is 40.2 Å². The van der Waals surface area contributed by atoms with E-state index in [1.165, 1.54) is 30.3 Å². The van der Waals surface area contributed by atoms with Gasteiger partial charge in [-0.15, -0.1) is 0 Å². The zero-order chi connectivity index (χ0) is 38.6. The van der Waals surface area contributed by atoms with Gasteiger partial charge in [0.05, 0.1) is 57.9 Å². The normalized spacial score (nSPS) is 20.0. The summed E-state index contributed by atoms with van der Waals surface area (Å²) in [6.07, 6.45) is -5.21. The summed E-state index contributed by atoms with van der Waals surface area (Å²) in [5.41, 5.74) is 1.94. The number of benzene rings is 3. The first kappa shape index (κ1) is 40.9. The van der Waals surface area contributed by atoms with Crippen LogP contribution in [0.15, 0.2) is 63.8 Å². The van der Waals surface area contributed by atoms with Crippen LogP contribution in [0, 0.1) is 0 Å². The molecule has 16 nitrogen and oxygen atoms in total. The number of aliphatic hydroxyl groups is 4. The number of fused-ring (bicyclic) bond motifs is 2. The van der Waals surface area contributed by atoms with Gasteiger partial charge in [0.15, 0.2) is 10.5 Å². The lowest BCUT2D eigenvalue weighted by molar-refractivity contribution is -0.230. The molecule has 2 aromatic carbocycles. The number of thiocarbonyl (C=S) groups is 1. The summed E-state index contributed by atoms with van der Waals surface area (Å²) in [6, 6.07) is 13.6. The molecule has 292 valence electrons. The van der Waals surface area contributed by atoms with E-state index >= 15 is 0 Å². The lowest BCUT2D eigenvalue weighted by atomic mass is 9.90. The molecular weight excluding hydrogens is 726 g/mol. The third kappa shape index (κ3) is 10.7. The number of hydrogen-bond acceptors (Lipinski definition) is 14. The summed E-state index contributed by atoms with van der Waals surface area (Å²) in [7, 11) is 0. The molecule has 2 aliphatic heterocycles. The first-order chi connectivity index (χ1) is 26.1. The summed E-state index contributed by atoms with van der Waals surface area (Å²) >= 11 is 5.39. The SMILES string of the molecule is O=C(O)c1cc(NC(=S)NCCOCCOCCOCCNCC[C@H]2O[C@H](CO)[C@@H](O)[C@H](O)[C@@H]2O)ccc1-c1c2ccc(=O)cc-2oc2cc(O)ccc12. The van der Waals surface area contributed by atoms with Crippen molar-refractivity contribution in [3.05, 3.63) is 70.4 Å². The molecule has 0 radical (unpaired) electrons. The molecule has 0 amide bonds. The zero-order valence-electron chi connectivity index (χ0n) is 29.3. The standard InChI is InChI=1S/C37H45N3O13S/c41-20-31-34(45)35(46)33(44)28(52-31)7-8-38-9-11-49-13-15-51-16-14-50-12-10-39-37(54)40-21-1-4-24(27(17-21)36(47)48)32-25-5-2-22(42)18-29(25)53-30-19-23(43)3-6-26(30)32/h1-6,17-19,28,31,33-35,38,41-42,44-46H,7-16,20H2,(H,47,48)(H2,39,40,54)/t28-,31-,33-,34-,35-/m1/s1. The quantitative estimate of drug-likeness (QED) is 0.0369. The van der Waals surface area contributed by atoms with Crippen LogP contribution in [0.25, 0.3) is 33.4 Å². The largest absolute Gasteiger partial charge is 0.508 e. The van der Waals surface area contributed by atoms with E-state index in [1.54, 1.807) is 24.3 Å². The van der Waals surface area contributed by atoms with Gasteiger partial charge in [-0.25, -0.2) is 4.79 Å². The van der Waals surface area contributed by atoms with Crippen LogP contribution >= 0.6 is 12.2 Å². The first-order valence-corrected chi connectivity index (χ1v) is 17.8. The van der Waals surface area contributed by atoms with Crippen LogP contribution in [-0.2, 0) is 18.9 Å². The highest BCUT2D eigenvalue weighted by Crippen LogP contribution is 2.42. The number of nitrogens with one attached hydrogen (secondary N) is 3. The number of ether oxygens (including phenoxy) is 4. The Hall–Kier alpha value is -4.27. The maximum atomic E-state index is 12.5. The van der Waals surface area contributed by atoms with Crippen LogP contribution in [0.2, 0.25) is 0 Å². The fourth-order valence-corrected chi connectivity index (χ4v) is 6.27. The molecule has 0 aromatic heterocycles. The van der Waals surface area contributed by atoms with E-state index in [1.807, 2.05) is 0 Å². The van der Waals surface area contributed by atoms with E-state index in [2.05, 4.69) is 16.0 Å². The molecule has 17 heteroatoms. The van der Waals surface area contributed by atoms with Crippen molar-refractivity contribution in [2.45, 2.75) is 36.9 Å². The van der Waals surface area contributed by atoms with Crippen LogP contribution in [0.5, 0.6) is 5.75 Å². The van der Waals surface area contributed by atoms with E-state index in [-0.39, 0.29) is 27.6 Å². The maximum absolute atomic E-state index is 12.5. The first-order valence-electron chi connectivity index (χ1n) is 17.4. The van der Waals surface area contributed by atoms with Crippen molar-refractivity contribution in [1.29, 1.82) is 0 Å². The maximum Gasteiger partial charge on any atom is 0.336 e. The van der Waals surface area contributed by atoms with Crippen LogP contribution in [0.4, 0.5) is 5.69 Å². The van der Waals surface area contributed by atoms with Crippen molar-refractivity contribution in [3.63, 3.8) is 0 Å². The van der Waals surface area contributed by atoms with Crippen molar-refractivity contribution < 1.29 is 58.8 Å². The van der Waals surface area contributed by atoms with E-state index in [4.69, 9.17) is 35.6 Å². The molecule has 3 aliphatic rings. The predicted molar refractivity (Wildman–Crippen MR) is 201 cm³/mol. The Morgan fingerprint density at radius 3 is 2.20 bits per heavy atom. The fourth-order valence-electron chi connectivity index (χ4n) is 6.05. The van der Waals surface area contributed by atoms with Crippen LogP contribution in [0.3, 0.4) is 0 Å². The molecular formula is C37H45N3O13S. The number of carbonyl (C=O) groups is 1. The lowest BCUT2D eigenvalue weighted by Crippen LogP contribution is -2.58. The second-order valence-electron chi connectivity index (χ2n) is 12.5. The molecule has 0 spiro atoms. The highest BCUT2D eigenvalue weighted by molar-refractivity contribution is 7.80. The van der Waals surface area contributed by atoms with E-state index < -0.39 is 43.1 Å². The minimum Gasteiger partial charge on any atom is -0.508 e. The zero-order valence-corrected chi connectivity index (χ0v) is 30.1. The van der Waals surface area contributed by atoms with Gasteiger partial charge in [0.1, 0.15) is 41.5 Å². The number of carboxylic acids is 1. The molecule has 1 saturated heterocycles. The summed E-state index contributed by atoms with van der Waals surface area (Å²) in [4.78, 5) is 24.5. The van der Waals surface area contributed by atoms with Crippen LogP contribution in [-0.4, -0.2) is 138 Å². The lowest BCUT2D eigenvalue weighted by Gasteiger charge is -2.40. The molecule has 1 fully saturated rings. The number of phenols is 1. The third-order valence-electron chi connectivity index (χ3n) is 8.75. The van der Waals surface area contributed by atoms with Crippen molar-refractivity contribution >= 4 is 40.0 Å². The van der Waals surface area contributed by atoms with Gasteiger partial charge in [0.25, 0.3) is 0 Å². The van der Waals surface area contributed by atoms with Crippen molar-refractivity contribution in [3.8, 4) is 28.2 Å².